The molecule has 0 unspecified atom stereocenters. The van der Waals surface area contributed by atoms with Gasteiger partial charge in [0.05, 0.1) is 17.8 Å². The fourth-order valence-corrected chi connectivity index (χ4v) is 2.60. The van der Waals surface area contributed by atoms with E-state index < -0.39 is 11.7 Å². The lowest BCUT2D eigenvalue weighted by molar-refractivity contribution is -0.137. The molecule has 0 radical (unpaired) electrons. The molecule has 3 rings (SSSR count). The second-order valence-corrected chi connectivity index (χ2v) is 6.54. The molecule has 0 spiro atoms. The van der Waals surface area contributed by atoms with Crippen LogP contribution in [0.2, 0.25) is 0 Å². The van der Waals surface area contributed by atoms with Crippen molar-refractivity contribution in [3.8, 4) is 0 Å². The lowest BCUT2D eigenvalue weighted by atomic mass is 10.1. The summed E-state index contributed by atoms with van der Waals surface area (Å²) in [6.07, 6.45) is -2.22. The minimum absolute atomic E-state index is 0.0174. The second-order valence-electron chi connectivity index (χ2n) is 6.54. The molecule has 1 aromatic carbocycles. The molecule has 8 nitrogen and oxygen atoms in total. The number of aliphatic hydroxyl groups is 1. The number of hydrogen-bond acceptors (Lipinski definition) is 8. The van der Waals surface area contributed by atoms with Crippen LogP contribution >= 0.6 is 0 Å². The normalized spacial score (nSPS) is 11.2. The average Bonchev–Trinajstić information content (AvgIpc) is 2.77. The van der Waals surface area contributed by atoms with Gasteiger partial charge in [-0.05, 0) is 36.2 Å². The van der Waals surface area contributed by atoms with Gasteiger partial charge in [-0.25, -0.2) is 0 Å². The molecule has 3 aromatic rings. The van der Waals surface area contributed by atoms with E-state index in [9.17, 15) is 13.2 Å². The van der Waals surface area contributed by atoms with Gasteiger partial charge in [-0.3, -0.25) is 4.98 Å². The Bertz CT molecular complexity index is 970. The first-order valence-electron chi connectivity index (χ1n) is 9.58. The Hall–Kier alpha value is -3.47. The summed E-state index contributed by atoms with van der Waals surface area (Å²) in [6.45, 7) is 0.953. The molecule has 0 atom stereocenters. The van der Waals surface area contributed by atoms with Crippen LogP contribution in [0.5, 0.6) is 0 Å². The maximum absolute atomic E-state index is 12.9. The molecule has 0 aliphatic carbocycles. The Balaban J connectivity index is 1.72. The van der Waals surface area contributed by atoms with E-state index in [4.69, 9.17) is 5.11 Å². The van der Waals surface area contributed by atoms with Crippen molar-refractivity contribution in [2.24, 2.45) is 0 Å². The van der Waals surface area contributed by atoms with Crippen molar-refractivity contribution in [2.75, 3.05) is 29.1 Å². The summed E-state index contributed by atoms with van der Waals surface area (Å²) >= 11 is 0. The van der Waals surface area contributed by atoms with Crippen LogP contribution in [-0.4, -0.2) is 38.2 Å². The SMILES string of the molecule is OCCCNc1nc(NCc2cccc(C(F)(F)F)c2)nc(NCc2ccccn2)n1. The van der Waals surface area contributed by atoms with E-state index in [1.54, 1.807) is 12.3 Å². The third-order valence-electron chi connectivity index (χ3n) is 4.11. The molecule has 31 heavy (non-hydrogen) atoms. The summed E-state index contributed by atoms with van der Waals surface area (Å²) in [6, 6.07) is 10.6. The Morgan fingerprint density at radius 3 is 2.19 bits per heavy atom. The molecule has 0 bridgehead atoms. The average molecular weight is 433 g/mol. The molecule has 0 saturated heterocycles. The van der Waals surface area contributed by atoms with Crippen molar-refractivity contribution in [3.63, 3.8) is 0 Å². The monoisotopic (exact) mass is 433 g/mol. The van der Waals surface area contributed by atoms with E-state index >= 15 is 0 Å². The van der Waals surface area contributed by atoms with Gasteiger partial charge in [0.15, 0.2) is 0 Å². The van der Waals surface area contributed by atoms with Gasteiger partial charge >= 0.3 is 6.18 Å². The third kappa shape index (κ3) is 7.07. The predicted molar refractivity (Wildman–Crippen MR) is 110 cm³/mol. The molecule has 0 aliphatic rings. The zero-order valence-corrected chi connectivity index (χ0v) is 16.5. The standard InChI is InChI=1S/C20H22F3N7O/c21-20(22,23)15-6-3-5-14(11-15)12-26-18-28-17(25-9-4-10-31)29-19(30-18)27-13-16-7-1-2-8-24-16/h1-3,5-8,11,31H,4,9-10,12-13H2,(H3,25,26,27,28,29,30). The van der Waals surface area contributed by atoms with Crippen molar-refractivity contribution >= 4 is 17.8 Å². The largest absolute Gasteiger partial charge is 0.416 e. The number of anilines is 3. The topological polar surface area (TPSA) is 108 Å². The zero-order chi connectivity index (χ0) is 22.1. The molecule has 164 valence electrons. The van der Waals surface area contributed by atoms with Gasteiger partial charge < -0.3 is 21.1 Å². The number of alkyl halides is 3. The number of pyridine rings is 1. The van der Waals surface area contributed by atoms with Crippen LogP contribution in [0.4, 0.5) is 31.0 Å². The van der Waals surface area contributed by atoms with Crippen LogP contribution in [0, 0.1) is 0 Å². The van der Waals surface area contributed by atoms with Crippen LogP contribution in [0.25, 0.3) is 0 Å². The summed E-state index contributed by atoms with van der Waals surface area (Å²) in [4.78, 5) is 17.0. The first-order valence-corrected chi connectivity index (χ1v) is 9.58. The number of aliphatic hydroxyl groups excluding tert-OH is 1. The Kier molecular flexibility index (Phi) is 7.55. The summed E-state index contributed by atoms with van der Waals surface area (Å²) in [5.74, 6) is 0.750. The number of aromatic nitrogens is 4. The highest BCUT2D eigenvalue weighted by atomic mass is 19.4. The number of halogens is 3. The van der Waals surface area contributed by atoms with Gasteiger partial charge in [0, 0.05) is 25.9 Å². The number of nitrogens with one attached hydrogen (secondary N) is 3. The first kappa shape index (κ1) is 22.2. The Morgan fingerprint density at radius 2 is 1.55 bits per heavy atom. The number of rotatable bonds is 10. The molecule has 0 amide bonds. The van der Waals surface area contributed by atoms with E-state index in [1.165, 1.54) is 6.07 Å². The molecule has 11 heteroatoms. The van der Waals surface area contributed by atoms with Crippen molar-refractivity contribution in [1.29, 1.82) is 0 Å². The zero-order valence-electron chi connectivity index (χ0n) is 16.5. The van der Waals surface area contributed by atoms with Gasteiger partial charge in [-0.1, -0.05) is 18.2 Å². The highest BCUT2D eigenvalue weighted by Crippen LogP contribution is 2.29. The minimum atomic E-state index is -4.41. The van der Waals surface area contributed by atoms with E-state index in [0.717, 1.165) is 17.8 Å². The smallest absolute Gasteiger partial charge is 0.396 e. The van der Waals surface area contributed by atoms with Gasteiger partial charge in [0.25, 0.3) is 0 Å². The van der Waals surface area contributed by atoms with Gasteiger partial charge in [0.1, 0.15) is 0 Å². The Morgan fingerprint density at radius 1 is 0.839 bits per heavy atom. The van der Waals surface area contributed by atoms with Crippen LogP contribution in [-0.2, 0) is 19.3 Å². The van der Waals surface area contributed by atoms with E-state index in [0.29, 0.717) is 25.1 Å². The lowest BCUT2D eigenvalue weighted by Crippen LogP contribution is -2.14. The molecule has 4 N–H and O–H groups in total. The number of nitrogens with zero attached hydrogens (tertiary/aromatic N) is 4. The maximum atomic E-state index is 12.9. The van der Waals surface area contributed by atoms with E-state index in [-0.39, 0.29) is 31.0 Å². The lowest BCUT2D eigenvalue weighted by Gasteiger charge is -2.12. The molecule has 2 aromatic heterocycles. The van der Waals surface area contributed by atoms with Gasteiger partial charge in [-0.2, -0.15) is 28.1 Å². The van der Waals surface area contributed by atoms with Crippen molar-refractivity contribution in [3.05, 3.63) is 65.5 Å². The maximum Gasteiger partial charge on any atom is 0.416 e. The minimum Gasteiger partial charge on any atom is -0.396 e. The summed E-state index contributed by atoms with van der Waals surface area (Å²) in [5, 5.41) is 17.9. The van der Waals surface area contributed by atoms with Crippen LogP contribution < -0.4 is 16.0 Å². The fourth-order valence-electron chi connectivity index (χ4n) is 2.60. The predicted octanol–water partition coefficient (Wildman–Crippen LogP) is 3.30. The third-order valence-corrected chi connectivity index (χ3v) is 4.11. The summed E-state index contributed by atoms with van der Waals surface area (Å²) < 4.78 is 38.7. The van der Waals surface area contributed by atoms with Crippen molar-refractivity contribution in [2.45, 2.75) is 25.7 Å². The van der Waals surface area contributed by atoms with E-state index in [1.807, 2.05) is 18.2 Å². The van der Waals surface area contributed by atoms with Gasteiger partial charge in [-0.15, -0.1) is 0 Å². The number of hydrogen-bond donors (Lipinski definition) is 4. The fraction of sp³-hybridized carbons (Fsp3) is 0.300. The molecular formula is C20H22F3N7O. The molecule has 0 aliphatic heterocycles. The van der Waals surface area contributed by atoms with Crippen LogP contribution in [0.1, 0.15) is 23.2 Å². The highest BCUT2D eigenvalue weighted by molar-refractivity contribution is 5.43. The highest BCUT2D eigenvalue weighted by Gasteiger charge is 2.30. The van der Waals surface area contributed by atoms with Crippen LogP contribution in [0.15, 0.2) is 48.7 Å². The second kappa shape index (κ2) is 10.5. The molecule has 0 saturated carbocycles. The van der Waals surface area contributed by atoms with Gasteiger partial charge in [0.2, 0.25) is 17.8 Å². The summed E-state index contributed by atoms with van der Waals surface area (Å²) in [5.41, 5.74) is 0.510. The molecule has 0 fully saturated rings. The van der Waals surface area contributed by atoms with Crippen LogP contribution in [0.3, 0.4) is 0 Å². The number of benzene rings is 1. The van der Waals surface area contributed by atoms with Crippen molar-refractivity contribution < 1.29 is 18.3 Å². The molecule has 2 heterocycles. The Labute approximate surface area is 177 Å². The van der Waals surface area contributed by atoms with E-state index in [2.05, 4.69) is 35.9 Å². The molecular weight excluding hydrogens is 411 g/mol. The quantitative estimate of drug-likeness (QED) is 0.361. The van der Waals surface area contributed by atoms with Crippen molar-refractivity contribution in [1.82, 2.24) is 19.9 Å². The first-order chi connectivity index (χ1) is 14.9. The summed E-state index contributed by atoms with van der Waals surface area (Å²) in [7, 11) is 0.